The van der Waals surface area contributed by atoms with Gasteiger partial charge in [-0.05, 0) is 51.8 Å². The second-order valence-corrected chi connectivity index (χ2v) is 8.07. The standard InChI is InChI=1S/C24H33N5O2/c1-6-25-23(28-16-24(5,30)22-12-17(2)31-18(22)3)27-14-20-8-7-9-21(13-20)15-29-11-10-26-19(29)4/h7-13,30H,6,14-16H2,1-5H3,(H2,25,27,28). The van der Waals surface area contributed by atoms with E-state index in [9.17, 15) is 5.11 Å². The molecular formula is C24H33N5O2. The lowest BCUT2D eigenvalue weighted by atomic mass is 9.96. The van der Waals surface area contributed by atoms with Crippen LogP contribution in [0.5, 0.6) is 0 Å². The number of aromatic nitrogens is 2. The Morgan fingerprint density at radius 1 is 1.19 bits per heavy atom. The topological polar surface area (TPSA) is 87.6 Å². The summed E-state index contributed by atoms with van der Waals surface area (Å²) in [5.74, 6) is 3.18. The van der Waals surface area contributed by atoms with Crippen LogP contribution in [-0.2, 0) is 18.7 Å². The molecule has 0 saturated carbocycles. The Morgan fingerprint density at radius 3 is 2.61 bits per heavy atom. The Balaban J connectivity index is 1.66. The number of aryl methyl sites for hydroxylation is 3. The van der Waals surface area contributed by atoms with Crippen LogP contribution in [0.1, 0.15) is 47.9 Å². The van der Waals surface area contributed by atoms with Gasteiger partial charge in [0.1, 0.15) is 22.9 Å². The highest BCUT2D eigenvalue weighted by atomic mass is 16.3. The Bertz CT molecular complexity index is 1030. The molecule has 1 atom stereocenters. The molecule has 7 heteroatoms. The molecule has 2 aromatic heterocycles. The fourth-order valence-electron chi connectivity index (χ4n) is 3.62. The van der Waals surface area contributed by atoms with Gasteiger partial charge in [-0.1, -0.05) is 24.3 Å². The van der Waals surface area contributed by atoms with Gasteiger partial charge >= 0.3 is 0 Å². The van der Waals surface area contributed by atoms with Crippen molar-refractivity contribution in [3.8, 4) is 0 Å². The number of benzene rings is 1. The first kappa shape index (κ1) is 22.6. The SMILES string of the molecule is CCNC(=NCc1cccc(Cn2ccnc2C)c1)NCC(C)(O)c1cc(C)oc1C. The average molecular weight is 424 g/mol. The van der Waals surface area contributed by atoms with Gasteiger partial charge in [0.2, 0.25) is 0 Å². The second kappa shape index (κ2) is 9.83. The van der Waals surface area contributed by atoms with E-state index in [0.717, 1.165) is 41.6 Å². The largest absolute Gasteiger partial charge is 0.466 e. The third-order valence-electron chi connectivity index (χ3n) is 5.25. The van der Waals surface area contributed by atoms with Crippen LogP contribution in [-0.4, -0.2) is 33.7 Å². The molecule has 166 valence electrons. The molecule has 0 fully saturated rings. The number of furan rings is 1. The lowest BCUT2D eigenvalue weighted by Crippen LogP contribution is -2.44. The van der Waals surface area contributed by atoms with Crippen LogP contribution >= 0.6 is 0 Å². The highest BCUT2D eigenvalue weighted by molar-refractivity contribution is 5.79. The van der Waals surface area contributed by atoms with Crippen molar-refractivity contribution < 1.29 is 9.52 Å². The molecule has 1 aromatic carbocycles. The molecule has 0 aliphatic carbocycles. The molecule has 0 aliphatic heterocycles. The summed E-state index contributed by atoms with van der Waals surface area (Å²) in [4.78, 5) is 8.99. The quantitative estimate of drug-likeness (QED) is 0.382. The summed E-state index contributed by atoms with van der Waals surface area (Å²) < 4.78 is 7.70. The van der Waals surface area contributed by atoms with E-state index in [4.69, 9.17) is 9.41 Å². The minimum absolute atomic E-state index is 0.318. The predicted molar refractivity (Wildman–Crippen MR) is 123 cm³/mol. The fraction of sp³-hybridized carbons (Fsp3) is 0.417. The van der Waals surface area contributed by atoms with Gasteiger partial charge in [0.25, 0.3) is 0 Å². The molecule has 0 amide bonds. The molecule has 1 unspecified atom stereocenters. The molecule has 3 aromatic rings. The van der Waals surface area contributed by atoms with Gasteiger partial charge in [0, 0.05) is 31.0 Å². The van der Waals surface area contributed by atoms with Gasteiger partial charge < -0.3 is 24.7 Å². The van der Waals surface area contributed by atoms with Crippen LogP contribution in [0.25, 0.3) is 0 Å². The first-order chi connectivity index (χ1) is 14.8. The average Bonchev–Trinajstić information content (AvgIpc) is 3.29. The predicted octanol–water partition coefficient (Wildman–Crippen LogP) is 3.41. The summed E-state index contributed by atoms with van der Waals surface area (Å²) in [7, 11) is 0. The molecule has 31 heavy (non-hydrogen) atoms. The number of aliphatic hydroxyl groups is 1. The summed E-state index contributed by atoms with van der Waals surface area (Å²) in [5.41, 5.74) is 2.05. The molecule has 7 nitrogen and oxygen atoms in total. The zero-order valence-corrected chi connectivity index (χ0v) is 19.1. The van der Waals surface area contributed by atoms with Crippen molar-refractivity contribution in [2.75, 3.05) is 13.1 Å². The van der Waals surface area contributed by atoms with E-state index in [2.05, 4.69) is 44.5 Å². The summed E-state index contributed by atoms with van der Waals surface area (Å²) in [6.07, 6.45) is 3.81. The maximum absolute atomic E-state index is 11.0. The van der Waals surface area contributed by atoms with Crippen molar-refractivity contribution in [2.45, 2.75) is 53.3 Å². The van der Waals surface area contributed by atoms with Crippen LogP contribution in [0.15, 0.2) is 52.1 Å². The van der Waals surface area contributed by atoms with Gasteiger partial charge in [-0.15, -0.1) is 0 Å². The van der Waals surface area contributed by atoms with Crippen molar-refractivity contribution in [2.24, 2.45) is 4.99 Å². The normalized spacial score (nSPS) is 13.8. The molecule has 3 rings (SSSR count). The summed E-state index contributed by atoms with van der Waals surface area (Å²) in [5, 5.41) is 17.5. The van der Waals surface area contributed by atoms with E-state index in [0.29, 0.717) is 19.0 Å². The van der Waals surface area contributed by atoms with Crippen LogP contribution in [0.3, 0.4) is 0 Å². The number of rotatable bonds is 8. The molecular weight excluding hydrogens is 390 g/mol. The van der Waals surface area contributed by atoms with E-state index in [1.165, 1.54) is 5.56 Å². The summed E-state index contributed by atoms with van der Waals surface area (Å²) in [6, 6.07) is 10.3. The highest BCUT2D eigenvalue weighted by Crippen LogP contribution is 2.26. The van der Waals surface area contributed by atoms with Crippen LogP contribution < -0.4 is 10.6 Å². The minimum Gasteiger partial charge on any atom is -0.466 e. The molecule has 0 radical (unpaired) electrons. The van der Waals surface area contributed by atoms with Crippen molar-refractivity contribution in [3.63, 3.8) is 0 Å². The maximum atomic E-state index is 11.0. The first-order valence-corrected chi connectivity index (χ1v) is 10.7. The number of hydrogen-bond donors (Lipinski definition) is 3. The van der Waals surface area contributed by atoms with Crippen LogP contribution in [0.2, 0.25) is 0 Å². The molecule has 0 saturated heterocycles. The third kappa shape index (κ3) is 5.98. The zero-order chi connectivity index (χ0) is 22.4. The first-order valence-electron chi connectivity index (χ1n) is 10.7. The van der Waals surface area contributed by atoms with E-state index in [1.807, 2.05) is 46.2 Å². The smallest absolute Gasteiger partial charge is 0.191 e. The number of hydrogen-bond acceptors (Lipinski definition) is 4. The summed E-state index contributed by atoms with van der Waals surface area (Å²) >= 11 is 0. The van der Waals surface area contributed by atoms with Crippen LogP contribution in [0, 0.1) is 20.8 Å². The van der Waals surface area contributed by atoms with Crippen molar-refractivity contribution in [3.05, 3.63) is 76.8 Å². The van der Waals surface area contributed by atoms with Crippen molar-refractivity contribution in [1.82, 2.24) is 20.2 Å². The Hall–Kier alpha value is -3.06. The molecule has 0 aliphatic rings. The lowest BCUT2D eigenvalue weighted by Gasteiger charge is -2.24. The van der Waals surface area contributed by atoms with Crippen molar-refractivity contribution in [1.29, 1.82) is 0 Å². The monoisotopic (exact) mass is 423 g/mol. The highest BCUT2D eigenvalue weighted by Gasteiger charge is 2.27. The second-order valence-electron chi connectivity index (χ2n) is 8.07. The van der Waals surface area contributed by atoms with Gasteiger partial charge in [0.05, 0.1) is 13.1 Å². The molecule has 2 heterocycles. The third-order valence-corrected chi connectivity index (χ3v) is 5.25. The Kier molecular flexibility index (Phi) is 7.17. The van der Waals surface area contributed by atoms with Gasteiger partial charge in [-0.25, -0.2) is 9.98 Å². The Morgan fingerprint density at radius 2 is 1.97 bits per heavy atom. The zero-order valence-electron chi connectivity index (χ0n) is 19.1. The van der Waals surface area contributed by atoms with E-state index in [-0.39, 0.29) is 0 Å². The minimum atomic E-state index is -1.07. The van der Waals surface area contributed by atoms with Gasteiger partial charge in [-0.2, -0.15) is 0 Å². The van der Waals surface area contributed by atoms with E-state index < -0.39 is 5.60 Å². The van der Waals surface area contributed by atoms with Crippen molar-refractivity contribution >= 4 is 5.96 Å². The van der Waals surface area contributed by atoms with E-state index >= 15 is 0 Å². The van der Waals surface area contributed by atoms with Crippen LogP contribution in [0.4, 0.5) is 0 Å². The number of imidazole rings is 1. The fourth-order valence-corrected chi connectivity index (χ4v) is 3.62. The number of nitrogens with one attached hydrogen (secondary N) is 2. The van der Waals surface area contributed by atoms with E-state index in [1.54, 1.807) is 6.92 Å². The van der Waals surface area contributed by atoms with Gasteiger partial charge in [0.15, 0.2) is 5.96 Å². The van der Waals surface area contributed by atoms with Gasteiger partial charge in [-0.3, -0.25) is 0 Å². The molecule has 3 N–H and O–H groups in total. The molecule has 0 spiro atoms. The maximum Gasteiger partial charge on any atom is 0.191 e. The number of nitrogens with zero attached hydrogens (tertiary/aromatic N) is 3. The summed E-state index contributed by atoms with van der Waals surface area (Å²) in [6.45, 7) is 11.9. The number of aliphatic imine (C=N–C) groups is 1. The Labute approximate surface area is 184 Å². The lowest BCUT2D eigenvalue weighted by molar-refractivity contribution is 0.0601. The molecule has 0 bridgehead atoms. The number of guanidine groups is 1.